The van der Waals surface area contributed by atoms with Crippen LogP contribution in [0.15, 0.2) is 27.8 Å². The van der Waals surface area contributed by atoms with Crippen LogP contribution in [0.25, 0.3) is 0 Å². The molecule has 0 bridgehead atoms. The number of rotatable bonds is 1. The Morgan fingerprint density at radius 1 is 1.40 bits per heavy atom. The molecule has 0 aromatic heterocycles. The average molecular weight is 203 g/mol. The molecule has 2 unspecified atom stereocenters. The van der Waals surface area contributed by atoms with Gasteiger partial charge in [0.15, 0.2) is 5.78 Å². The molecule has 2 atom stereocenters. The van der Waals surface area contributed by atoms with Crippen LogP contribution in [0.5, 0.6) is 0 Å². The molecular weight excluding hydrogens is 186 g/mol. The number of carbonyl (C=O) groups is 1. The quantitative estimate of drug-likeness (QED) is 0.644. The second-order valence-electron chi connectivity index (χ2n) is 4.58. The van der Waals surface area contributed by atoms with Crippen molar-refractivity contribution in [2.75, 3.05) is 6.54 Å². The molecule has 80 valence electrons. The summed E-state index contributed by atoms with van der Waals surface area (Å²) in [5, 5.41) is 0. The van der Waals surface area contributed by atoms with Gasteiger partial charge in [0, 0.05) is 25.3 Å². The molecule has 1 heterocycles. The highest BCUT2D eigenvalue weighted by Crippen LogP contribution is 2.38. The second kappa shape index (κ2) is 3.44. The molecule has 0 aromatic rings. The smallest absolute Gasteiger partial charge is 0.174 e. The van der Waals surface area contributed by atoms with Crippen LogP contribution < -0.4 is 0 Å². The predicted molar refractivity (Wildman–Crippen MR) is 62.1 cm³/mol. The van der Waals surface area contributed by atoms with Gasteiger partial charge in [-0.3, -0.25) is 9.79 Å². The molecule has 1 aliphatic heterocycles. The summed E-state index contributed by atoms with van der Waals surface area (Å²) < 4.78 is 0. The summed E-state index contributed by atoms with van der Waals surface area (Å²) in [7, 11) is 0. The molecular formula is C13H17NO. The van der Waals surface area contributed by atoms with Crippen molar-refractivity contribution >= 4 is 11.5 Å². The van der Waals surface area contributed by atoms with Gasteiger partial charge in [0.1, 0.15) is 0 Å². The van der Waals surface area contributed by atoms with Crippen molar-refractivity contribution in [2.24, 2.45) is 16.8 Å². The average Bonchev–Trinajstić information content (AvgIpc) is 2.58. The fourth-order valence-electron chi connectivity index (χ4n) is 2.61. The molecule has 15 heavy (non-hydrogen) atoms. The molecule has 0 aromatic carbocycles. The molecule has 2 heteroatoms. The summed E-state index contributed by atoms with van der Waals surface area (Å²) in [4.78, 5) is 15.8. The Hall–Kier alpha value is -1.18. The standard InChI is InChI=1S/C13H17NO/c1-7-5-11-6-14-13(10(4)15)12(11)9(3)8(7)2/h5,11-12H,6H2,1-4H3. The molecule has 0 radical (unpaired) electrons. The van der Waals surface area contributed by atoms with Crippen molar-refractivity contribution in [3.8, 4) is 0 Å². The van der Waals surface area contributed by atoms with E-state index < -0.39 is 0 Å². The van der Waals surface area contributed by atoms with Crippen LogP contribution in [0.3, 0.4) is 0 Å². The van der Waals surface area contributed by atoms with E-state index in [4.69, 9.17) is 0 Å². The minimum atomic E-state index is 0.127. The number of allylic oxidation sites excluding steroid dienone is 3. The molecule has 0 saturated heterocycles. The van der Waals surface area contributed by atoms with E-state index in [1.165, 1.54) is 16.7 Å². The number of ketones is 1. The topological polar surface area (TPSA) is 29.4 Å². The Balaban J connectivity index is 2.43. The Kier molecular flexibility index (Phi) is 2.37. The normalized spacial score (nSPS) is 29.9. The fraction of sp³-hybridized carbons (Fsp3) is 0.538. The summed E-state index contributed by atoms with van der Waals surface area (Å²) in [6, 6.07) is 0. The maximum Gasteiger partial charge on any atom is 0.174 e. The largest absolute Gasteiger partial charge is 0.293 e. The van der Waals surface area contributed by atoms with Crippen molar-refractivity contribution in [2.45, 2.75) is 27.7 Å². The Bertz CT molecular complexity index is 412. The number of hydrogen-bond donors (Lipinski definition) is 0. The van der Waals surface area contributed by atoms with Gasteiger partial charge in [0.2, 0.25) is 0 Å². The van der Waals surface area contributed by atoms with Crippen LogP contribution in [0, 0.1) is 11.8 Å². The summed E-state index contributed by atoms with van der Waals surface area (Å²) >= 11 is 0. The maximum atomic E-state index is 11.5. The van der Waals surface area contributed by atoms with E-state index in [1.807, 2.05) is 0 Å². The molecule has 2 nitrogen and oxygen atoms in total. The summed E-state index contributed by atoms with van der Waals surface area (Å²) in [6.07, 6.45) is 2.27. The zero-order valence-corrected chi connectivity index (χ0v) is 9.79. The monoisotopic (exact) mass is 203 g/mol. The van der Waals surface area contributed by atoms with Crippen molar-refractivity contribution in [1.82, 2.24) is 0 Å². The Morgan fingerprint density at radius 3 is 2.67 bits per heavy atom. The minimum absolute atomic E-state index is 0.127. The lowest BCUT2D eigenvalue weighted by atomic mass is 9.76. The summed E-state index contributed by atoms with van der Waals surface area (Å²) in [5.74, 6) is 0.807. The molecule has 0 saturated carbocycles. The molecule has 2 aliphatic rings. The number of fused-ring (bicyclic) bond motifs is 1. The van der Waals surface area contributed by atoms with Gasteiger partial charge in [0.05, 0.1) is 5.71 Å². The molecule has 2 rings (SSSR count). The zero-order valence-electron chi connectivity index (χ0n) is 9.79. The fourth-order valence-corrected chi connectivity index (χ4v) is 2.61. The lowest BCUT2D eigenvalue weighted by Crippen LogP contribution is -2.27. The van der Waals surface area contributed by atoms with Gasteiger partial charge in [-0.2, -0.15) is 0 Å². The first kappa shape index (κ1) is 10.3. The van der Waals surface area contributed by atoms with E-state index in [1.54, 1.807) is 6.92 Å². The lowest BCUT2D eigenvalue weighted by molar-refractivity contribution is -0.111. The van der Waals surface area contributed by atoms with Gasteiger partial charge in [-0.25, -0.2) is 0 Å². The van der Waals surface area contributed by atoms with Gasteiger partial charge in [0.25, 0.3) is 0 Å². The predicted octanol–water partition coefficient (Wildman–Crippen LogP) is 2.56. The van der Waals surface area contributed by atoms with Gasteiger partial charge in [-0.15, -0.1) is 0 Å². The first-order chi connectivity index (χ1) is 7.02. The van der Waals surface area contributed by atoms with Crippen LogP contribution in [0.1, 0.15) is 27.7 Å². The van der Waals surface area contributed by atoms with E-state index in [9.17, 15) is 4.79 Å². The van der Waals surface area contributed by atoms with Crippen LogP contribution in [0.4, 0.5) is 0 Å². The van der Waals surface area contributed by atoms with Crippen molar-refractivity contribution in [1.29, 1.82) is 0 Å². The molecule has 0 fully saturated rings. The van der Waals surface area contributed by atoms with E-state index >= 15 is 0 Å². The second-order valence-corrected chi connectivity index (χ2v) is 4.58. The molecule has 0 N–H and O–H groups in total. The molecule has 0 amide bonds. The third-order valence-electron chi connectivity index (χ3n) is 3.67. The summed E-state index contributed by atoms with van der Waals surface area (Å²) in [5.41, 5.74) is 4.77. The van der Waals surface area contributed by atoms with Crippen LogP contribution in [0.2, 0.25) is 0 Å². The third-order valence-corrected chi connectivity index (χ3v) is 3.67. The first-order valence-electron chi connectivity index (χ1n) is 5.43. The highest BCUT2D eigenvalue weighted by molar-refractivity contribution is 6.41. The van der Waals surface area contributed by atoms with E-state index in [0.29, 0.717) is 5.92 Å². The number of aliphatic imine (C=N–C) groups is 1. The van der Waals surface area contributed by atoms with E-state index in [2.05, 4.69) is 31.8 Å². The van der Waals surface area contributed by atoms with Crippen LogP contribution in [-0.2, 0) is 4.79 Å². The lowest BCUT2D eigenvalue weighted by Gasteiger charge is -2.26. The van der Waals surface area contributed by atoms with Gasteiger partial charge < -0.3 is 0 Å². The highest BCUT2D eigenvalue weighted by Gasteiger charge is 2.36. The summed E-state index contributed by atoms with van der Waals surface area (Å²) in [6.45, 7) is 8.80. The van der Waals surface area contributed by atoms with Crippen molar-refractivity contribution in [3.05, 3.63) is 22.8 Å². The Labute approximate surface area is 90.8 Å². The van der Waals surface area contributed by atoms with Crippen LogP contribution in [-0.4, -0.2) is 18.0 Å². The van der Waals surface area contributed by atoms with Crippen LogP contribution >= 0.6 is 0 Å². The maximum absolute atomic E-state index is 11.5. The van der Waals surface area contributed by atoms with Gasteiger partial charge in [-0.05, 0) is 26.3 Å². The van der Waals surface area contributed by atoms with Gasteiger partial charge in [-0.1, -0.05) is 17.2 Å². The highest BCUT2D eigenvalue weighted by atomic mass is 16.1. The number of hydrogen-bond acceptors (Lipinski definition) is 2. The van der Waals surface area contributed by atoms with Crippen molar-refractivity contribution in [3.63, 3.8) is 0 Å². The Morgan fingerprint density at radius 2 is 2.07 bits per heavy atom. The number of carbonyl (C=O) groups excluding carboxylic acids is 1. The number of nitrogens with zero attached hydrogens (tertiary/aromatic N) is 1. The number of Topliss-reactive ketones (excluding diaryl/α,β-unsaturated/α-hetero) is 1. The first-order valence-corrected chi connectivity index (χ1v) is 5.43. The van der Waals surface area contributed by atoms with Gasteiger partial charge >= 0.3 is 0 Å². The minimum Gasteiger partial charge on any atom is -0.293 e. The van der Waals surface area contributed by atoms with E-state index in [-0.39, 0.29) is 11.7 Å². The SMILES string of the molecule is CC(=O)C1=NCC2C=C(C)C(C)=C(C)C12. The molecule has 1 aliphatic carbocycles. The third kappa shape index (κ3) is 1.48. The van der Waals surface area contributed by atoms with Crippen molar-refractivity contribution < 1.29 is 4.79 Å². The van der Waals surface area contributed by atoms with E-state index in [0.717, 1.165) is 12.3 Å². The molecule has 0 spiro atoms. The zero-order chi connectivity index (χ0) is 11.2.